The first-order valence-corrected chi connectivity index (χ1v) is 6.88. The predicted molar refractivity (Wildman–Crippen MR) is 81.2 cm³/mol. The fourth-order valence-corrected chi connectivity index (χ4v) is 2.42. The van der Waals surface area contributed by atoms with Gasteiger partial charge in [-0.25, -0.2) is 0 Å². The Kier molecular flexibility index (Phi) is 4.53. The lowest BCUT2D eigenvalue weighted by molar-refractivity contribution is 0.429. The lowest BCUT2D eigenvalue weighted by atomic mass is 10.0. The van der Waals surface area contributed by atoms with Crippen LogP contribution in [0.1, 0.15) is 37.1 Å². The molecule has 2 rings (SSSR count). The molecule has 2 unspecified atom stereocenters. The first kappa shape index (κ1) is 14.7. The molecule has 0 radical (unpaired) electrons. The van der Waals surface area contributed by atoms with Crippen LogP contribution in [0.3, 0.4) is 0 Å². The second-order valence-corrected chi connectivity index (χ2v) is 5.34. The third-order valence-electron chi connectivity index (χ3n) is 3.33. The van der Waals surface area contributed by atoms with Crippen molar-refractivity contribution < 1.29 is 10.2 Å². The molecule has 3 N–H and O–H groups in total. The van der Waals surface area contributed by atoms with Gasteiger partial charge in [-0.2, -0.15) is 0 Å². The minimum absolute atomic E-state index is 0.0745. The van der Waals surface area contributed by atoms with E-state index in [0.29, 0.717) is 10.6 Å². The molecule has 2 aromatic carbocycles. The number of hydrogen-bond acceptors (Lipinski definition) is 3. The minimum atomic E-state index is -0.101. The Hall–Kier alpha value is -1.71. The standard InChI is InChI=1S/C16H18ClNO2/c1-10(12-4-3-5-13(17)8-12)18-11(2)15-9-14(19)6-7-16(15)20/h3-11,18-20H,1-2H3. The highest BCUT2D eigenvalue weighted by atomic mass is 35.5. The monoisotopic (exact) mass is 291 g/mol. The molecule has 0 aliphatic rings. The van der Waals surface area contributed by atoms with E-state index in [4.69, 9.17) is 11.6 Å². The van der Waals surface area contributed by atoms with Crippen LogP contribution in [-0.2, 0) is 0 Å². The molecule has 106 valence electrons. The highest BCUT2D eigenvalue weighted by Crippen LogP contribution is 2.29. The van der Waals surface area contributed by atoms with Crippen LogP contribution >= 0.6 is 11.6 Å². The summed E-state index contributed by atoms with van der Waals surface area (Å²) in [4.78, 5) is 0. The molecule has 3 nitrogen and oxygen atoms in total. The van der Waals surface area contributed by atoms with Gasteiger partial charge in [0.2, 0.25) is 0 Å². The highest BCUT2D eigenvalue weighted by molar-refractivity contribution is 6.30. The number of benzene rings is 2. The molecule has 0 fully saturated rings. The van der Waals surface area contributed by atoms with Crippen molar-refractivity contribution in [2.75, 3.05) is 0 Å². The van der Waals surface area contributed by atoms with E-state index < -0.39 is 0 Å². The van der Waals surface area contributed by atoms with Crippen molar-refractivity contribution in [2.45, 2.75) is 25.9 Å². The van der Waals surface area contributed by atoms with E-state index in [-0.39, 0.29) is 23.6 Å². The van der Waals surface area contributed by atoms with Gasteiger partial charge in [0.25, 0.3) is 0 Å². The van der Waals surface area contributed by atoms with E-state index in [1.54, 1.807) is 6.07 Å². The van der Waals surface area contributed by atoms with Crippen LogP contribution in [0, 0.1) is 0 Å². The lowest BCUT2D eigenvalue weighted by Gasteiger charge is -2.21. The Labute approximate surface area is 123 Å². The van der Waals surface area contributed by atoms with E-state index >= 15 is 0 Å². The third kappa shape index (κ3) is 3.44. The van der Waals surface area contributed by atoms with E-state index in [0.717, 1.165) is 5.56 Å². The summed E-state index contributed by atoms with van der Waals surface area (Å²) in [6, 6.07) is 12.2. The molecule has 0 aliphatic heterocycles. The zero-order valence-electron chi connectivity index (χ0n) is 11.5. The second-order valence-electron chi connectivity index (χ2n) is 4.91. The minimum Gasteiger partial charge on any atom is -0.508 e. The van der Waals surface area contributed by atoms with Crippen molar-refractivity contribution in [3.8, 4) is 11.5 Å². The maximum Gasteiger partial charge on any atom is 0.120 e. The summed E-state index contributed by atoms with van der Waals surface area (Å²) in [6.07, 6.45) is 0. The first-order valence-electron chi connectivity index (χ1n) is 6.50. The van der Waals surface area contributed by atoms with E-state index in [2.05, 4.69) is 5.32 Å². The fourth-order valence-electron chi connectivity index (χ4n) is 2.23. The normalized spacial score (nSPS) is 13.9. The smallest absolute Gasteiger partial charge is 0.120 e. The Balaban J connectivity index is 2.15. The van der Waals surface area contributed by atoms with Gasteiger partial charge in [0.15, 0.2) is 0 Å². The number of phenols is 2. The van der Waals surface area contributed by atoms with E-state index in [9.17, 15) is 10.2 Å². The van der Waals surface area contributed by atoms with Crippen molar-refractivity contribution in [3.63, 3.8) is 0 Å². The van der Waals surface area contributed by atoms with Crippen LogP contribution in [0.15, 0.2) is 42.5 Å². The fraction of sp³-hybridized carbons (Fsp3) is 0.250. The average molecular weight is 292 g/mol. The maximum atomic E-state index is 9.86. The first-order chi connectivity index (χ1) is 9.47. The number of hydrogen-bond donors (Lipinski definition) is 3. The Bertz CT molecular complexity index is 601. The molecule has 2 atom stereocenters. The summed E-state index contributed by atoms with van der Waals surface area (Å²) in [7, 11) is 0. The Morgan fingerprint density at radius 3 is 2.45 bits per heavy atom. The molecular weight excluding hydrogens is 274 g/mol. The molecular formula is C16H18ClNO2. The number of phenolic OH excluding ortho intramolecular Hbond substituents is 2. The van der Waals surface area contributed by atoms with E-state index in [1.807, 2.05) is 38.1 Å². The molecule has 0 amide bonds. The topological polar surface area (TPSA) is 52.5 Å². The third-order valence-corrected chi connectivity index (χ3v) is 3.56. The Morgan fingerprint density at radius 1 is 1.00 bits per heavy atom. The summed E-state index contributed by atoms with van der Waals surface area (Å²) in [5.74, 6) is 0.308. The van der Waals surface area contributed by atoms with Crippen LogP contribution < -0.4 is 5.32 Å². The zero-order valence-corrected chi connectivity index (χ0v) is 12.2. The number of aromatic hydroxyl groups is 2. The molecule has 2 aromatic rings. The van der Waals surface area contributed by atoms with Gasteiger partial charge in [0.05, 0.1) is 0 Å². The molecule has 0 bridgehead atoms. The van der Waals surface area contributed by atoms with Crippen LogP contribution in [0.5, 0.6) is 11.5 Å². The van der Waals surface area contributed by atoms with Gasteiger partial charge in [0.1, 0.15) is 11.5 Å². The highest BCUT2D eigenvalue weighted by Gasteiger charge is 2.15. The van der Waals surface area contributed by atoms with Crippen molar-refractivity contribution >= 4 is 11.6 Å². The molecule has 0 aromatic heterocycles. The van der Waals surface area contributed by atoms with Crippen LogP contribution in [0.25, 0.3) is 0 Å². The molecule has 0 aliphatic carbocycles. The molecule has 0 saturated heterocycles. The van der Waals surface area contributed by atoms with Crippen LogP contribution in [0.4, 0.5) is 0 Å². The summed E-state index contributed by atoms with van der Waals surface area (Å²) in [5.41, 5.74) is 1.74. The number of rotatable bonds is 4. The second kappa shape index (κ2) is 6.16. The van der Waals surface area contributed by atoms with Crippen molar-refractivity contribution in [1.82, 2.24) is 5.32 Å². The van der Waals surface area contributed by atoms with Gasteiger partial charge >= 0.3 is 0 Å². The maximum absolute atomic E-state index is 9.86. The summed E-state index contributed by atoms with van der Waals surface area (Å²) < 4.78 is 0. The molecule has 0 heterocycles. The summed E-state index contributed by atoms with van der Waals surface area (Å²) >= 11 is 5.99. The predicted octanol–water partition coefficient (Wildman–Crippen LogP) is 4.16. The van der Waals surface area contributed by atoms with Gasteiger partial charge in [-0.05, 0) is 49.7 Å². The average Bonchev–Trinajstić information content (AvgIpc) is 2.41. The Morgan fingerprint density at radius 2 is 1.75 bits per heavy atom. The van der Waals surface area contributed by atoms with Crippen molar-refractivity contribution in [1.29, 1.82) is 0 Å². The quantitative estimate of drug-likeness (QED) is 0.741. The van der Waals surface area contributed by atoms with Crippen LogP contribution in [0.2, 0.25) is 5.02 Å². The number of halogens is 1. The van der Waals surface area contributed by atoms with Crippen molar-refractivity contribution in [3.05, 3.63) is 58.6 Å². The summed E-state index contributed by atoms with van der Waals surface area (Å²) in [6.45, 7) is 3.97. The van der Waals surface area contributed by atoms with Gasteiger partial charge in [-0.1, -0.05) is 23.7 Å². The van der Waals surface area contributed by atoms with Crippen molar-refractivity contribution in [2.24, 2.45) is 0 Å². The van der Waals surface area contributed by atoms with Crippen LogP contribution in [-0.4, -0.2) is 10.2 Å². The molecule has 20 heavy (non-hydrogen) atoms. The largest absolute Gasteiger partial charge is 0.508 e. The van der Waals surface area contributed by atoms with Gasteiger partial charge in [-0.15, -0.1) is 0 Å². The molecule has 0 saturated carbocycles. The lowest BCUT2D eigenvalue weighted by Crippen LogP contribution is -2.22. The SMILES string of the molecule is CC(NC(C)c1cc(O)ccc1O)c1cccc(Cl)c1. The van der Waals surface area contributed by atoms with E-state index in [1.165, 1.54) is 12.1 Å². The van der Waals surface area contributed by atoms with Gasteiger partial charge < -0.3 is 15.5 Å². The molecule has 0 spiro atoms. The molecule has 4 heteroatoms. The number of nitrogens with one attached hydrogen (secondary N) is 1. The van der Waals surface area contributed by atoms with Gasteiger partial charge in [-0.3, -0.25) is 0 Å². The zero-order chi connectivity index (χ0) is 14.7. The summed E-state index contributed by atoms with van der Waals surface area (Å²) in [5, 5.41) is 23.5. The van der Waals surface area contributed by atoms with Gasteiger partial charge in [0, 0.05) is 22.7 Å².